The molecule has 0 unspecified atom stereocenters. The van der Waals surface area contributed by atoms with E-state index in [0.29, 0.717) is 0 Å². The Labute approximate surface area is 344 Å². The summed E-state index contributed by atoms with van der Waals surface area (Å²) in [5, 5.41) is 2.58. The van der Waals surface area contributed by atoms with Crippen LogP contribution in [0.1, 0.15) is 47.2 Å². The SMILES string of the molecule is CC1(C)c2ccccc2-c2ccc(N(c3ccccc3)c3ccc(-c4cccc5c4Sc4c(ccc6ccccc46)C54c5ccccc5-c5ccccc54)cc3)cc21. The summed E-state index contributed by atoms with van der Waals surface area (Å²) in [5.74, 6) is 0. The van der Waals surface area contributed by atoms with Crippen LogP contribution in [0, 0.1) is 0 Å². The van der Waals surface area contributed by atoms with E-state index in [0.717, 1.165) is 17.1 Å². The lowest BCUT2D eigenvalue weighted by molar-refractivity contribution is 0.660. The van der Waals surface area contributed by atoms with E-state index in [1.807, 2.05) is 11.8 Å². The summed E-state index contributed by atoms with van der Waals surface area (Å²) in [4.78, 5) is 5.08. The van der Waals surface area contributed by atoms with Crippen LogP contribution in [-0.4, -0.2) is 0 Å². The van der Waals surface area contributed by atoms with Gasteiger partial charge in [0.25, 0.3) is 0 Å². The second kappa shape index (κ2) is 12.4. The van der Waals surface area contributed by atoms with Gasteiger partial charge >= 0.3 is 0 Å². The fourth-order valence-corrected chi connectivity index (χ4v) is 12.0. The maximum absolute atomic E-state index is 2.42. The van der Waals surface area contributed by atoms with E-state index in [2.05, 4.69) is 219 Å². The summed E-state index contributed by atoms with van der Waals surface area (Å²) in [5.41, 5.74) is 18.9. The Morgan fingerprint density at radius 3 is 1.64 bits per heavy atom. The quantitative estimate of drug-likeness (QED) is 0.176. The second-order valence-corrected chi connectivity index (χ2v) is 17.4. The highest BCUT2D eigenvalue weighted by molar-refractivity contribution is 8.00. The van der Waals surface area contributed by atoms with Crippen molar-refractivity contribution in [2.24, 2.45) is 0 Å². The van der Waals surface area contributed by atoms with E-state index in [1.165, 1.54) is 87.3 Å². The standard InChI is InChI=1S/C56H39NS/c1-55(2)47-23-11-8-19-43(47)46-33-32-40(35-52(46)55)57(38-16-4-3-5-17-38)39-30-27-37(28-31-39)42-22-14-26-50-53(42)58-54-41-18-7-6-15-36(41)29-34-51(54)56(50)48-24-12-9-20-44(48)45-21-10-13-25-49(45)56/h3-35H,1-2H3. The Morgan fingerprint density at radius 1 is 0.362 bits per heavy atom. The van der Waals surface area contributed by atoms with Crippen molar-refractivity contribution in [3.8, 4) is 33.4 Å². The van der Waals surface area contributed by atoms with E-state index in [4.69, 9.17) is 0 Å². The van der Waals surface area contributed by atoms with Gasteiger partial charge in [0.2, 0.25) is 0 Å². The third-order valence-electron chi connectivity index (χ3n) is 13.1. The number of benzene rings is 9. The molecule has 9 aromatic rings. The number of hydrogen-bond donors (Lipinski definition) is 0. The van der Waals surface area contributed by atoms with Crippen molar-refractivity contribution in [1.29, 1.82) is 0 Å². The van der Waals surface area contributed by atoms with Crippen LogP contribution in [0.4, 0.5) is 17.1 Å². The Hall–Kier alpha value is -6.61. The molecule has 0 atom stereocenters. The van der Waals surface area contributed by atoms with E-state index in [9.17, 15) is 0 Å². The van der Waals surface area contributed by atoms with Gasteiger partial charge in [-0.3, -0.25) is 0 Å². The minimum Gasteiger partial charge on any atom is -0.310 e. The van der Waals surface area contributed by atoms with Crippen molar-refractivity contribution in [1.82, 2.24) is 0 Å². The van der Waals surface area contributed by atoms with E-state index < -0.39 is 5.41 Å². The van der Waals surface area contributed by atoms with Crippen LogP contribution < -0.4 is 4.90 Å². The third-order valence-corrected chi connectivity index (χ3v) is 14.4. The van der Waals surface area contributed by atoms with Crippen molar-refractivity contribution in [2.75, 3.05) is 4.90 Å². The highest BCUT2D eigenvalue weighted by Gasteiger charge is 2.51. The molecule has 0 amide bonds. The smallest absolute Gasteiger partial charge is 0.0735 e. The summed E-state index contributed by atoms with van der Waals surface area (Å²) in [6.45, 7) is 4.71. The van der Waals surface area contributed by atoms with Crippen LogP contribution in [0.25, 0.3) is 44.2 Å². The van der Waals surface area contributed by atoms with Crippen LogP contribution >= 0.6 is 11.8 Å². The van der Waals surface area contributed by atoms with Gasteiger partial charge in [-0.2, -0.15) is 0 Å². The monoisotopic (exact) mass is 757 g/mol. The van der Waals surface area contributed by atoms with E-state index in [-0.39, 0.29) is 5.41 Å². The first-order valence-electron chi connectivity index (χ1n) is 20.3. The normalized spacial score (nSPS) is 14.6. The van der Waals surface area contributed by atoms with Crippen molar-refractivity contribution < 1.29 is 0 Å². The van der Waals surface area contributed by atoms with Gasteiger partial charge in [-0.1, -0.05) is 189 Å². The lowest BCUT2D eigenvalue weighted by Crippen LogP contribution is -2.32. The molecule has 12 rings (SSSR count). The summed E-state index contributed by atoms with van der Waals surface area (Å²) < 4.78 is 0. The van der Waals surface area contributed by atoms with E-state index >= 15 is 0 Å². The number of nitrogens with zero attached hydrogens (tertiary/aromatic N) is 1. The zero-order chi connectivity index (χ0) is 38.6. The fourth-order valence-electron chi connectivity index (χ4n) is 10.5. The molecular formula is C56H39NS. The zero-order valence-electron chi connectivity index (χ0n) is 32.4. The first kappa shape index (κ1) is 33.5. The van der Waals surface area contributed by atoms with Crippen LogP contribution in [0.5, 0.6) is 0 Å². The maximum atomic E-state index is 2.42. The van der Waals surface area contributed by atoms with Crippen LogP contribution in [0.3, 0.4) is 0 Å². The average molecular weight is 758 g/mol. The molecular weight excluding hydrogens is 719 g/mol. The van der Waals surface area contributed by atoms with Gasteiger partial charge in [0.05, 0.1) is 5.41 Å². The molecule has 0 radical (unpaired) electrons. The van der Waals surface area contributed by atoms with Gasteiger partial charge in [-0.05, 0) is 114 Å². The van der Waals surface area contributed by atoms with Gasteiger partial charge < -0.3 is 4.90 Å². The fraction of sp³-hybridized carbons (Fsp3) is 0.0714. The van der Waals surface area contributed by atoms with Crippen LogP contribution in [0.15, 0.2) is 210 Å². The molecule has 0 fully saturated rings. The predicted molar refractivity (Wildman–Crippen MR) is 243 cm³/mol. The maximum Gasteiger partial charge on any atom is 0.0735 e. The van der Waals surface area contributed by atoms with Gasteiger partial charge in [0.15, 0.2) is 0 Å². The number of para-hydroxylation sites is 1. The summed E-state index contributed by atoms with van der Waals surface area (Å²) in [7, 11) is 0. The van der Waals surface area contributed by atoms with Crippen molar-refractivity contribution in [3.63, 3.8) is 0 Å². The molecule has 1 aliphatic heterocycles. The summed E-state index contributed by atoms with van der Waals surface area (Å²) in [6.07, 6.45) is 0. The Balaban J connectivity index is 1.03. The number of fused-ring (bicyclic) bond motifs is 14. The molecule has 1 nitrogen and oxygen atoms in total. The highest BCUT2D eigenvalue weighted by Crippen LogP contribution is 2.64. The van der Waals surface area contributed by atoms with Crippen molar-refractivity contribution in [2.45, 2.75) is 34.5 Å². The lowest BCUT2D eigenvalue weighted by Gasteiger charge is -2.41. The minimum atomic E-state index is -0.436. The summed E-state index contributed by atoms with van der Waals surface area (Å²) in [6, 6.07) is 74.8. The summed E-state index contributed by atoms with van der Waals surface area (Å²) >= 11 is 1.94. The Morgan fingerprint density at radius 2 is 0.897 bits per heavy atom. The molecule has 9 aromatic carbocycles. The lowest BCUT2D eigenvalue weighted by atomic mass is 9.66. The zero-order valence-corrected chi connectivity index (χ0v) is 33.2. The first-order valence-corrected chi connectivity index (χ1v) is 21.1. The molecule has 0 N–H and O–H groups in total. The minimum absolute atomic E-state index is 0.0835. The molecule has 58 heavy (non-hydrogen) atoms. The highest BCUT2D eigenvalue weighted by atomic mass is 32.2. The average Bonchev–Trinajstić information content (AvgIpc) is 3.70. The molecule has 2 aliphatic carbocycles. The molecule has 3 aliphatic rings. The molecule has 1 spiro atoms. The largest absolute Gasteiger partial charge is 0.310 e. The molecule has 274 valence electrons. The number of rotatable bonds is 4. The first-order chi connectivity index (χ1) is 28.5. The van der Waals surface area contributed by atoms with Gasteiger partial charge in [0, 0.05) is 32.3 Å². The molecule has 2 heteroatoms. The predicted octanol–water partition coefficient (Wildman–Crippen LogP) is 15.1. The molecule has 0 saturated heterocycles. The van der Waals surface area contributed by atoms with Crippen LogP contribution in [-0.2, 0) is 10.8 Å². The van der Waals surface area contributed by atoms with Crippen molar-refractivity contribution >= 4 is 39.6 Å². The number of hydrogen-bond acceptors (Lipinski definition) is 2. The Kier molecular flexibility index (Phi) is 7.19. The topological polar surface area (TPSA) is 3.24 Å². The molecule has 1 heterocycles. The van der Waals surface area contributed by atoms with Gasteiger partial charge in [-0.25, -0.2) is 0 Å². The number of anilines is 3. The van der Waals surface area contributed by atoms with Crippen molar-refractivity contribution in [3.05, 3.63) is 234 Å². The van der Waals surface area contributed by atoms with E-state index in [1.54, 1.807) is 0 Å². The molecule has 0 bridgehead atoms. The third kappa shape index (κ3) is 4.55. The molecule has 0 aromatic heterocycles. The van der Waals surface area contributed by atoms with Crippen LogP contribution in [0.2, 0.25) is 0 Å². The Bertz CT molecular complexity index is 3080. The van der Waals surface area contributed by atoms with Gasteiger partial charge in [-0.15, -0.1) is 0 Å². The van der Waals surface area contributed by atoms with Gasteiger partial charge in [0.1, 0.15) is 0 Å². The second-order valence-electron chi connectivity index (χ2n) is 16.4. The molecule has 0 saturated carbocycles.